The van der Waals surface area contributed by atoms with Gasteiger partial charge in [-0.05, 0) is 29.8 Å². The Labute approximate surface area is 132 Å². The molecule has 2 heterocycles. The summed E-state index contributed by atoms with van der Waals surface area (Å²) in [4.78, 5) is 12.5. The van der Waals surface area contributed by atoms with Crippen molar-refractivity contribution >= 4 is 33.5 Å². The third-order valence-corrected chi connectivity index (χ3v) is 3.97. The number of aromatic nitrogens is 4. The minimum Gasteiger partial charge on any atom is -0.306 e. The molecule has 0 aliphatic rings. The van der Waals surface area contributed by atoms with E-state index >= 15 is 0 Å². The molecule has 114 valence electrons. The zero-order valence-electron chi connectivity index (χ0n) is 12.8. The maximum absolute atomic E-state index is 12.5. The molecule has 0 fully saturated rings. The minimum absolute atomic E-state index is 0.176. The van der Waals surface area contributed by atoms with Gasteiger partial charge in [0.15, 0.2) is 5.65 Å². The monoisotopic (exact) mass is 305 g/mol. The van der Waals surface area contributed by atoms with Gasteiger partial charge in [0.2, 0.25) is 0 Å². The lowest BCUT2D eigenvalue weighted by Crippen LogP contribution is -2.12. The Hall–Kier alpha value is -3.15. The van der Waals surface area contributed by atoms with Gasteiger partial charge in [0.05, 0.1) is 11.1 Å². The topological polar surface area (TPSA) is 75.6 Å². The molecule has 0 unspecified atom stereocenters. The average Bonchev–Trinajstić information content (AvgIpc) is 3.09. The molecule has 0 saturated carbocycles. The van der Waals surface area contributed by atoms with Crippen molar-refractivity contribution in [3.05, 3.63) is 53.7 Å². The van der Waals surface area contributed by atoms with Gasteiger partial charge in [0, 0.05) is 12.6 Å². The highest BCUT2D eigenvalue weighted by molar-refractivity contribution is 6.09. The van der Waals surface area contributed by atoms with Crippen LogP contribution in [0.15, 0.2) is 42.5 Å². The van der Waals surface area contributed by atoms with Gasteiger partial charge in [-0.3, -0.25) is 9.89 Å². The van der Waals surface area contributed by atoms with Crippen molar-refractivity contribution in [2.75, 3.05) is 5.32 Å². The largest absolute Gasteiger partial charge is 0.306 e. The normalized spacial score (nSPS) is 11.2. The quantitative estimate of drug-likeness (QED) is 0.598. The van der Waals surface area contributed by atoms with Gasteiger partial charge in [0.25, 0.3) is 5.91 Å². The zero-order chi connectivity index (χ0) is 16.0. The lowest BCUT2D eigenvalue weighted by atomic mass is 10.1. The Balaban J connectivity index is 1.70. The number of rotatable bonds is 2. The number of carbonyl (C=O) groups excluding carboxylic acids is 1. The first-order chi connectivity index (χ1) is 11.1. The third kappa shape index (κ3) is 2.15. The first kappa shape index (κ1) is 13.5. The highest BCUT2D eigenvalue weighted by atomic mass is 16.1. The van der Waals surface area contributed by atoms with Crippen molar-refractivity contribution in [2.45, 2.75) is 6.92 Å². The predicted molar refractivity (Wildman–Crippen MR) is 89.5 cm³/mol. The molecule has 2 aromatic heterocycles. The molecule has 2 N–H and O–H groups in total. The van der Waals surface area contributed by atoms with Gasteiger partial charge in [-0.25, -0.2) is 4.68 Å². The number of benzene rings is 2. The van der Waals surface area contributed by atoms with Crippen molar-refractivity contribution in [1.29, 1.82) is 0 Å². The van der Waals surface area contributed by atoms with Gasteiger partial charge < -0.3 is 5.32 Å². The molecular weight excluding hydrogens is 290 g/mol. The lowest BCUT2D eigenvalue weighted by molar-refractivity contribution is 0.102. The zero-order valence-corrected chi connectivity index (χ0v) is 12.8. The van der Waals surface area contributed by atoms with Gasteiger partial charge in [-0.2, -0.15) is 10.2 Å². The highest BCUT2D eigenvalue weighted by Crippen LogP contribution is 2.24. The van der Waals surface area contributed by atoms with Crippen LogP contribution in [0.5, 0.6) is 0 Å². The molecule has 0 radical (unpaired) electrons. The van der Waals surface area contributed by atoms with E-state index in [0.717, 1.165) is 27.5 Å². The van der Waals surface area contributed by atoms with Crippen molar-refractivity contribution in [1.82, 2.24) is 20.0 Å². The Kier molecular flexibility index (Phi) is 2.90. The summed E-state index contributed by atoms with van der Waals surface area (Å²) >= 11 is 0. The second-order valence-electron chi connectivity index (χ2n) is 5.52. The van der Waals surface area contributed by atoms with E-state index in [1.54, 1.807) is 4.68 Å². The van der Waals surface area contributed by atoms with E-state index < -0.39 is 0 Å². The maximum Gasteiger partial charge on any atom is 0.256 e. The van der Waals surface area contributed by atoms with Gasteiger partial charge >= 0.3 is 0 Å². The number of hydrogen-bond acceptors (Lipinski definition) is 3. The summed E-state index contributed by atoms with van der Waals surface area (Å²) in [6, 6.07) is 13.6. The van der Waals surface area contributed by atoms with Crippen LogP contribution in [0.2, 0.25) is 0 Å². The summed E-state index contributed by atoms with van der Waals surface area (Å²) in [5, 5.41) is 17.2. The van der Waals surface area contributed by atoms with Crippen LogP contribution < -0.4 is 5.32 Å². The number of H-pyrrole nitrogens is 1. The first-order valence-corrected chi connectivity index (χ1v) is 7.31. The lowest BCUT2D eigenvalue weighted by Gasteiger charge is -2.05. The maximum atomic E-state index is 12.5. The molecule has 4 aromatic rings. The van der Waals surface area contributed by atoms with E-state index in [-0.39, 0.29) is 5.91 Å². The molecule has 2 aromatic carbocycles. The fourth-order valence-corrected chi connectivity index (χ4v) is 2.84. The fraction of sp³-hybridized carbons (Fsp3) is 0.118. The molecule has 0 saturated heterocycles. The summed E-state index contributed by atoms with van der Waals surface area (Å²) in [6.45, 7) is 1.89. The van der Waals surface area contributed by atoms with E-state index in [0.29, 0.717) is 11.4 Å². The van der Waals surface area contributed by atoms with Crippen molar-refractivity contribution in [3.63, 3.8) is 0 Å². The number of carbonyl (C=O) groups is 1. The van der Waals surface area contributed by atoms with Crippen LogP contribution in [-0.4, -0.2) is 25.9 Å². The van der Waals surface area contributed by atoms with Crippen molar-refractivity contribution in [3.8, 4) is 0 Å². The number of fused-ring (bicyclic) bond motifs is 2. The molecule has 1 amide bonds. The number of aryl methyl sites for hydroxylation is 2. The first-order valence-electron chi connectivity index (χ1n) is 7.31. The molecule has 6 nitrogen and oxygen atoms in total. The van der Waals surface area contributed by atoms with Crippen LogP contribution in [0.1, 0.15) is 16.1 Å². The SMILES string of the molecule is Cc1nn(C)c2n[nH]c(NC(=O)c3ccc4ccccc4c3)c12. The predicted octanol–water partition coefficient (Wildman–Crippen LogP) is 3.01. The number of aromatic amines is 1. The number of anilines is 1. The number of nitrogens with zero attached hydrogens (tertiary/aromatic N) is 3. The summed E-state index contributed by atoms with van der Waals surface area (Å²) in [5.41, 5.74) is 2.15. The van der Waals surface area contributed by atoms with Gasteiger partial charge in [-0.1, -0.05) is 30.3 Å². The Bertz CT molecular complexity index is 1040. The minimum atomic E-state index is -0.176. The van der Waals surface area contributed by atoms with Gasteiger partial charge in [0.1, 0.15) is 5.82 Å². The third-order valence-electron chi connectivity index (χ3n) is 3.97. The Morgan fingerprint density at radius 1 is 1.17 bits per heavy atom. The van der Waals surface area contributed by atoms with E-state index in [4.69, 9.17) is 0 Å². The summed E-state index contributed by atoms with van der Waals surface area (Å²) in [7, 11) is 1.82. The second-order valence-corrected chi connectivity index (χ2v) is 5.52. The molecule has 23 heavy (non-hydrogen) atoms. The molecule has 4 rings (SSSR count). The standard InChI is InChI=1S/C17H15N5O/c1-10-14-15(19-20-16(14)22(2)21-10)18-17(23)13-8-7-11-5-3-4-6-12(11)9-13/h3-9H,1-2H3,(H2,18,19,20,23). The molecule has 0 bridgehead atoms. The second kappa shape index (κ2) is 4.95. The van der Waals surface area contributed by atoms with E-state index in [1.165, 1.54) is 0 Å². The molecule has 0 atom stereocenters. The molecule has 0 spiro atoms. The van der Waals surface area contributed by atoms with Crippen LogP contribution >= 0.6 is 0 Å². The molecular formula is C17H15N5O. The summed E-state index contributed by atoms with van der Waals surface area (Å²) in [5.74, 6) is 0.397. The average molecular weight is 305 g/mol. The van der Waals surface area contributed by atoms with Crippen molar-refractivity contribution in [2.24, 2.45) is 7.05 Å². The highest BCUT2D eigenvalue weighted by Gasteiger charge is 2.16. The van der Waals surface area contributed by atoms with Gasteiger partial charge in [-0.15, -0.1) is 0 Å². The van der Waals surface area contributed by atoms with Crippen molar-refractivity contribution < 1.29 is 4.79 Å². The van der Waals surface area contributed by atoms with Crippen LogP contribution in [0, 0.1) is 6.92 Å². The van der Waals surface area contributed by atoms with E-state index in [9.17, 15) is 4.79 Å². The molecule has 0 aliphatic heterocycles. The Morgan fingerprint density at radius 3 is 2.78 bits per heavy atom. The van der Waals surface area contributed by atoms with E-state index in [1.807, 2.05) is 56.4 Å². The fourth-order valence-electron chi connectivity index (χ4n) is 2.84. The van der Waals surface area contributed by atoms with Crippen LogP contribution in [-0.2, 0) is 7.05 Å². The Morgan fingerprint density at radius 2 is 1.96 bits per heavy atom. The molecule has 0 aliphatic carbocycles. The summed E-state index contributed by atoms with van der Waals surface area (Å²) < 4.78 is 1.69. The van der Waals surface area contributed by atoms with E-state index in [2.05, 4.69) is 20.6 Å². The van der Waals surface area contributed by atoms with Crippen LogP contribution in [0.25, 0.3) is 21.8 Å². The van der Waals surface area contributed by atoms with Crippen LogP contribution in [0.3, 0.4) is 0 Å². The van der Waals surface area contributed by atoms with Crippen LogP contribution in [0.4, 0.5) is 5.82 Å². The number of nitrogens with one attached hydrogen (secondary N) is 2. The summed E-state index contributed by atoms with van der Waals surface area (Å²) in [6.07, 6.45) is 0. The number of hydrogen-bond donors (Lipinski definition) is 2. The smallest absolute Gasteiger partial charge is 0.256 e. The number of amides is 1. The molecule has 6 heteroatoms.